The summed E-state index contributed by atoms with van der Waals surface area (Å²) in [6.45, 7) is 0. The minimum absolute atomic E-state index is 0.273. The van der Waals surface area contributed by atoms with E-state index in [-0.39, 0.29) is 5.54 Å². The van der Waals surface area contributed by atoms with Crippen molar-refractivity contribution in [3.63, 3.8) is 0 Å². The van der Waals surface area contributed by atoms with Crippen molar-refractivity contribution in [3.05, 3.63) is 28.2 Å². The number of benzene rings is 1. The Hall–Kier alpha value is -0.510. The number of nitrogens with one attached hydrogen (secondary N) is 1. The number of anilines is 1. The van der Waals surface area contributed by atoms with E-state index in [4.69, 9.17) is 35.4 Å². The SMILES string of the molecule is CN(C(=S)Nc1ccc(Cl)c(Cl)c1)C12CC3CC(CC(C3)C1)C2. The minimum Gasteiger partial charge on any atom is -0.346 e. The van der Waals surface area contributed by atoms with Crippen molar-refractivity contribution in [1.82, 2.24) is 4.90 Å². The second-order valence-electron chi connectivity index (χ2n) is 7.76. The van der Waals surface area contributed by atoms with Gasteiger partial charge in [0.25, 0.3) is 0 Å². The van der Waals surface area contributed by atoms with E-state index in [1.54, 1.807) is 6.07 Å². The second-order valence-corrected chi connectivity index (χ2v) is 8.96. The highest BCUT2D eigenvalue weighted by atomic mass is 35.5. The summed E-state index contributed by atoms with van der Waals surface area (Å²) in [5.74, 6) is 2.74. The third kappa shape index (κ3) is 2.85. The van der Waals surface area contributed by atoms with Gasteiger partial charge in [-0.15, -0.1) is 0 Å². The van der Waals surface area contributed by atoms with E-state index < -0.39 is 0 Å². The van der Waals surface area contributed by atoms with E-state index in [2.05, 4.69) is 17.3 Å². The molecule has 1 N–H and O–H groups in total. The lowest BCUT2D eigenvalue weighted by atomic mass is 9.52. The number of hydrogen-bond acceptors (Lipinski definition) is 1. The van der Waals surface area contributed by atoms with Gasteiger partial charge in [-0.25, -0.2) is 0 Å². The summed E-state index contributed by atoms with van der Waals surface area (Å²) in [5, 5.41) is 5.27. The molecule has 0 atom stereocenters. The van der Waals surface area contributed by atoms with Gasteiger partial charge < -0.3 is 10.2 Å². The van der Waals surface area contributed by atoms with E-state index in [1.807, 2.05) is 12.1 Å². The molecule has 4 saturated carbocycles. The Bertz CT molecular complexity index is 611. The van der Waals surface area contributed by atoms with Gasteiger partial charge in [0.05, 0.1) is 10.0 Å². The molecule has 0 heterocycles. The molecule has 0 aromatic heterocycles. The summed E-state index contributed by atoms with van der Waals surface area (Å²) in [6.07, 6.45) is 8.25. The van der Waals surface area contributed by atoms with Crippen LogP contribution in [0.1, 0.15) is 38.5 Å². The van der Waals surface area contributed by atoms with Crippen LogP contribution in [0.5, 0.6) is 0 Å². The number of rotatable bonds is 2. The maximum atomic E-state index is 6.10. The highest BCUT2D eigenvalue weighted by Crippen LogP contribution is 2.57. The molecule has 1 aromatic rings. The fourth-order valence-electron chi connectivity index (χ4n) is 5.47. The lowest BCUT2D eigenvalue weighted by Crippen LogP contribution is -2.60. The first-order chi connectivity index (χ1) is 10.9. The zero-order valence-corrected chi connectivity index (χ0v) is 15.6. The summed E-state index contributed by atoms with van der Waals surface area (Å²) >= 11 is 17.8. The van der Waals surface area contributed by atoms with Crippen LogP contribution in [0.15, 0.2) is 18.2 Å². The third-order valence-corrected chi connectivity index (χ3v) is 7.31. The van der Waals surface area contributed by atoms with Crippen LogP contribution in [0.2, 0.25) is 10.0 Å². The molecule has 2 nitrogen and oxygen atoms in total. The first-order valence-electron chi connectivity index (χ1n) is 8.45. The molecule has 5 heteroatoms. The van der Waals surface area contributed by atoms with Crippen molar-refractivity contribution in [2.24, 2.45) is 17.8 Å². The molecule has 4 bridgehead atoms. The molecule has 0 saturated heterocycles. The molecule has 0 aliphatic heterocycles. The quantitative estimate of drug-likeness (QED) is 0.684. The van der Waals surface area contributed by atoms with Crippen LogP contribution in [-0.4, -0.2) is 22.6 Å². The molecule has 4 aliphatic rings. The van der Waals surface area contributed by atoms with Crippen molar-refractivity contribution in [1.29, 1.82) is 0 Å². The average Bonchev–Trinajstić information content (AvgIpc) is 2.49. The van der Waals surface area contributed by atoms with Crippen LogP contribution in [0, 0.1) is 17.8 Å². The van der Waals surface area contributed by atoms with Gasteiger partial charge in [-0.05, 0) is 86.7 Å². The predicted molar refractivity (Wildman–Crippen MR) is 101 cm³/mol. The molecule has 0 amide bonds. The Balaban J connectivity index is 1.51. The topological polar surface area (TPSA) is 15.3 Å². The van der Waals surface area contributed by atoms with E-state index in [9.17, 15) is 0 Å². The Morgan fingerprint density at radius 2 is 1.65 bits per heavy atom. The molecular weight excluding hydrogens is 347 g/mol. The smallest absolute Gasteiger partial charge is 0.173 e. The molecule has 0 spiro atoms. The van der Waals surface area contributed by atoms with E-state index in [1.165, 1.54) is 38.5 Å². The zero-order valence-electron chi connectivity index (χ0n) is 13.3. The third-order valence-electron chi connectivity index (χ3n) is 6.19. The molecule has 5 rings (SSSR count). The Morgan fingerprint density at radius 1 is 1.09 bits per heavy atom. The molecule has 124 valence electrons. The fraction of sp³-hybridized carbons (Fsp3) is 0.611. The standard InChI is InChI=1S/C18H22Cl2N2S/c1-22(17(23)21-14-2-3-15(19)16(20)7-14)18-8-11-4-12(9-18)6-13(5-11)10-18/h2-3,7,11-13H,4-6,8-10H2,1H3,(H,21,23). The fourth-order valence-corrected chi connectivity index (χ4v) is 6.08. The van der Waals surface area contributed by atoms with E-state index in [0.29, 0.717) is 10.0 Å². The van der Waals surface area contributed by atoms with Crippen LogP contribution >= 0.6 is 35.4 Å². The van der Waals surface area contributed by atoms with Gasteiger partial charge >= 0.3 is 0 Å². The highest BCUT2D eigenvalue weighted by Gasteiger charge is 2.53. The summed E-state index contributed by atoms with van der Waals surface area (Å²) < 4.78 is 0. The number of nitrogens with zero attached hydrogens (tertiary/aromatic N) is 1. The average molecular weight is 369 g/mol. The van der Waals surface area contributed by atoms with Gasteiger partial charge in [0.15, 0.2) is 5.11 Å². The van der Waals surface area contributed by atoms with Crippen LogP contribution in [0.4, 0.5) is 5.69 Å². The van der Waals surface area contributed by atoms with Gasteiger partial charge in [0, 0.05) is 18.3 Å². The summed E-state index contributed by atoms with van der Waals surface area (Å²) in [7, 11) is 2.17. The molecule has 0 radical (unpaired) electrons. The summed E-state index contributed by atoms with van der Waals surface area (Å²) in [4.78, 5) is 2.34. The first-order valence-corrected chi connectivity index (χ1v) is 9.61. The Morgan fingerprint density at radius 3 is 2.17 bits per heavy atom. The normalized spacial score (nSPS) is 34.5. The second kappa shape index (κ2) is 5.79. The van der Waals surface area contributed by atoms with Gasteiger partial charge in [-0.2, -0.15) is 0 Å². The maximum Gasteiger partial charge on any atom is 0.173 e. The number of thiocarbonyl (C=S) groups is 1. The molecule has 23 heavy (non-hydrogen) atoms. The Kier molecular flexibility index (Phi) is 4.02. The van der Waals surface area contributed by atoms with Crippen molar-refractivity contribution in [2.75, 3.05) is 12.4 Å². The minimum atomic E-state index is 0.273. The number of hydrogen-bond donors (Lipinski definition) is 1. The van der Waals surface area contributed by atoms with Crippen LogP contribution in [0.3, 0.4) is 0 Å². The van der Waals surface area contributed by atoms with Gasteiger partial charge in [0.2, 0.25) is 0 Å². The van der Waals surface area contributed by atoms with Crippen molar-refractivity contribution < 1.29 is 0 Å². The number of halogens is 2. The maximum absolute atomic E-state index is 6.10. The van der Waals surface area contributed by atoms with Gasteiger partial charge in [-0.1, -0.05) is 23.2 Å². The molecular formula is C18H22Cl2N2S. The first kappa shape index (κ1) is 16.0. The van der Waals surface area contributed by atoms with Gasteiger partial charge in [-0.3, -0.25) is 0 Å². The highest BCUT2D eigenvalue weighted by molar-refractivity contribution is 7.80. The molecule has 4 fully saturated rings. The summed E-state index contributed by atoms with van der Waals surface area (Å²) in [5.41, 5.74) is 1.18. The van der Waals surface area contributed by atoms with Crippen molar-refractivity contribution in [3.8, 4) is 0 Å². The monoisotopic (exact) mass is 368 g/mol. The summed E-state index contributed by atoms with van der Waals surface area (Å²) in [6, 6.07) is 5.57. The van der Waals surface area contributed by atoms with Crippen LogP contribution in [0.25, 0.3) is 0 Å². The lowest BCUT2D eigenvalue weighted by Gasteiger charge is -2.60. The zero-order chi connectivity index (χ0) is 16.2. The Labute approximate surface area is 153 Å². The van der Waals surface area contributed by atoms with Crippen molar-refractivity contribution in [2.45, 2.75) is 44.1 Å². The molecule has 4 aliphatic carbocycles. The van der Waals surface area contributed by atoms with E-state index >= 15 is 0 Å². The lowest BCUT2D eigenvalue weighted by molar-refractivity contribution is -0.0538. The molecule has 0 unspecified atom stereocenters. The van der Waals surface area contributed by atoms with E-state index in [0.717, 1.165) is 28.6 Å². The largest absolute Gasteiger partial charge is 0.346 e. The van der Waals surface area contributed by atoms with Crippen molar-refractivity contribution >= 4 is 46.2 Å². The van der Waals surface area contributed by atoms with Crippen LogP contribution in [-0.2, 0) is 0 Å². The molecule has 1 aromatic carbocycles. The van der Waals surface area contributed by atoms with Crippen LogP contribution < -0.4 is 5.32 Å². The van der Waals surface area contributed by atoms with Gasteiger partial charge in [0.1, 0.15) is 0 Å². The predicted octanol–water partition coefficient (Wildman–Crippen LogP) is 5.59.